The third-order valence-electron chi connectivity index (χ3n) is 3.63. The molecular weight excluding hydrogens is 318 g/mol. The quantitative estimate of drug-likeness (QED) is 0.674. The molecule has 0 atom stereocenters. The summed E-state index contributed by atoms with van der Waals surface area (Å²) in [7, 11) is 1.65. The number of nitrogens with one attached hydrogen (secondary N) is 1. The van der Waals surface area contributed by atoms with Crippen molar-refractivity contribution in [1.82, 2.24) is 5.32 Å². The van der Waals surface area contributed by atoms with Crippen molar-refractivity contribution in [2.24, 2.45) is 0 Å². The summed E-state index contributed by atoms with van der Waals surface area (Å²) in [6, 6.07) is 15.5. The van der Waals surface area contributed by atoms with E-state index in [4.69, 9.17) is 14.2 Å². The topological polar surface area (TPSA) is 56.8 Å². The molecule has 0 aliphatic heterocycles. The van der Waals surface area contributed by atoms with Gasteiger partial charge in [-0.15, -0.1) is 0 Å². The lowest BCUT2D eigenvalue weighted by Crippen LogP contribution is -2.30. The van der Waals surface area contributed by atoms with Crippen LogP contribution in [0.5, 0.6) is 11.5 Å². The number of aryl methyl sites for hydroxylation is 1. The lowest BCUT2D eigenvalue weighted by atomic mass is 10.1. The SMILES string of the molecule is COc1ccc(C)cc1CCNC(=O)COCCOc1ccccc1. The summed E-state index contributed by atoms with van der Waals surface area (Å²) in [4.78, 5) is 11.8. The van der Waals surface area contributed by atoms with Crippen molar-refractivity contribution in [1.29, 1.82) is 0 Å². The van der Waals surface area contributed by atoms with Gasteiger partial charge in [0.15, 0.2) is 0 Å². The van der Waals surface area contributed by atoms with Crippen LogP contribution >= 0.6 is 0 Å². The van der Waals surface area contributed by atoms with Crippen molar-refractivity contribution in [2.45, 2.75) is 13.3 Å². The van der Waals surface area contributed by atoms with Gasteiger partial charge in [0.1, 0.15) is 24.7 Å². The highest BCUT2D eigenvalue weighted by Gasteiger charge is 2.05. The molecule has 2 aromatic rings. The maximum absolute atomic E-state index is 11.8. The number of para-hydroxylation sites is 1. The zero-order valence-corrected chi connectivity index (χ0v) is 14.8. The molecule has 0 saturated heterocycles. The monoisotopic (exact) mass is 343 g/mol. The highest BCUT2D eigenvalue weighted by atomic mass is 16.5. The van der Waals surface area contributed by atoms with Gasteiger partial charge in [0.2, 0.25) is 5.91 Å². The summed E-state index contributed by atoms with van der Waals surface area (Å²) in [5.41, 5.74) is 2.25. The van der Waals surface area contributed by atoms with E-state index in [0.29, 0.717) is 26.2 Å². The van der Waals surface area contributed by atoms with Crippen LogP contribution in [0.4, 0.5) is 0 Å². The molecule has 25 heavy (non-hydrogen) atoms. The molecule has 0 radical (unpaired) electrons. The van der Waals surface area contributed by atoms with E-state index < -0.39 is 0 Å². The zero-order chi connectivity index (χ0) is 17.9. The number of hydrogen-bond donors (Lipinski definition) is 1. The van der Waals surface area contributed by atoms with Crippen LogP contribution in [0.2, 0.25) is 0 Å². The Balaban J connectivity index is 1.59. The van der Waals surface area contributed by atoms with Crippen LogP contribution in [0.3, 0.4) is 0 Å². The lowest BCUT2D eigenvalue weighted by Gasteiger charge is -2.11. The molecule has 1 amide bonds. The molecule has 2 rings (SSSR count). The van der Waals surface area contributed by atoms with E-state index in [9.17, 15) is 4.79 Å². The second-order valence-electron chi connectivity index (χ2n) is 5.63. The molecule has 0 saturated carbocycles. The van der Waals surface area contributed by atoms with Crippen LogP contribution < -0.4 is 14.8 Å². The second-order valence-corrected chi connectivity index (χ2v) is 5.63. The maximum atomic E-state index is 11.8. The predicted octanol–water partition coefficient (Wildman–Crippen LogP) is 2.76. The summed E-state index contributed by atoms with van der Waals surface area (Å²) in [6.45, 7) is 3.39. The minimum absolute atomic E-state index is 0.0309. The van der Waals surface area contributed by atoms with Crippen LogP contribution in [0, 0.1) is 6.92 Å². The van der Waals surface area contributed by atoms with Crippen molar-refractivity contribution in [2.75, 3.05) is 33.5 Å². The van der Waals surface area contributed by atoms with E-state index in [1.54, 1.807) is 7.11 Å². The van der Waals surface area contributed by atoms with Gasteiger partial charge in [-0.3, -0.25) is 4.79 Å². The summed E-state index contributed by atoms with van der Waals surface area (Å²) in [5, 5.41) is 2.85. The number of rotatable bonds is 10. The van der Waals surface area contributed by atoms with Crippen molar-refractivity contribution >= 4 is 5.91 Å². The fourth-order valence-electron chi connectivity index (χ4n) is 2.39. The molecule has 0 unspecified atom stereocenters. The first-order valence-corrected chi connectivity index (χ1v) is 8.35. The van der Waals surface area contributed by atoms with E-state index >= 15 is 0 Å². The Hall–Kier alpha value is -2.53. The van der Waals surface area contributed by atoms with Gasteiger partial charge in [0.25, 0.3) is 0 Å². The van der Waals surface area contributed by atoms with Gasteiger partial charge in [0.05, 0.1) is 13.7 Å². The van der Waals surface area contributed by atoms with Crippen molar-refractivity contribution in [3.05, 3.63) is 59.7 Å². The molecule has 1 N–H and O–H groups in total. The highest BCUT2D eigenvalue weighted by molar-refractivity contribution is 5.77. The van der Waals surface area contributed by atoms with E-state index in [0.717, 1.165) is 17.1 Å². The van der Waals surface area contributed by atoms with Gasteiger partial charge in [-0.05, 0) is 37.1 Å². The molecule has 134 valence electrons. The smallest absolute Gasteiger partial charge is 0.246 e. The van der Waals surface area contributed by atoms with E-state index in [1.165, 1.54) is 5.56 Å². The van der Waals surface area contributed by atoms with Crippen LogP contribution in [-0.4, -0.2) is 39.4 Å². The minimum atomic E-state index is -0.133. The van der Waals surface area contributed by atoms with Crippen molar-refractivity contribution < 1.29 is 19.0 Å². The fourth-order valence-corrected chi connectivity index (χ4v) is 2.39. The summed E-state index contributed by atoms with van der Waals surface area (Å²) in [6.07, 6.45) is 0.716. The molecule has 0 aliphatic rings. The number of hydrogen-bond acceptors (Lipinski definition) is 4. The average Bonchev–Trinajstić information content (AvgIpc) is 2.62. The third kappa shape index (κ3) is 6.85. The predicted molar refractivity (Wildman–Crippen MR) is 97.2 cm³/mol. The number of methoxy groups -OCH3 is 1. The Morgan fingerprint density at radius 2 is 1.88 bits per heavy atom. The van der Waals surface area contributed by atoms with Gasteiger partial charge in [0, 0.05) is 6.54 Å². The molecule has 2 aromatic carbocycles. The number of carbonyl (C=O) groups excluding carboxylic acids is 1. The maximum Gasteiger partial charge on any atom is 0.246 e. The first-order chi connectivity index (χ1) is 12.2. The van der Waals surface area contributed by atoms with Crippen LogP contribution in [0.1, 0.15) is 11.1 Å². The summed E-state index contributed by atoms with van der Waals surface area (Å²) < 4.78 is 16.1. The molecule has 5 heteroatoms. The molecule has 0 heterocycles. The second kappa shape index (κ2) is 10.4. The number of amides is 1. The Morgan fingerprint density at radius 1 is 1.08 bits per heavy atom. The number of carbonyl (C=O) groups is 1. The van der Waals surface area contributed by atoms with Crippen LogP contribution in [0.25, 0.3) is 0 Å². The Kier molecular flexibility index (Phi) is 7.79. The third-order valence-corrected chi connectivity index (χ3v) is 3.63. The van der Waals surface area contributed by atoms with Crippen LogP contribution in [0.15, 0.2) is 48.5 Å². The standard InChI is InChI=1S/C20H25NO4/c1-16-8-9-19(23-2)17(14-16)10-11-21-20(22)15-24-12-13-25-18-6-4-3-5-7-18/h3-9,14H,10-13,15H2,1-2H3,(H,21,22). The lowest BCUT2D eigenvalue weighted by molar-refractivity contribution is -0.125. The van der Waals surface area contributed by atoms with Gasteiger partial charge in [-0.2, -0.15) is 0 Å². The van der Waals surface area contributed by atoms with Gasteiger partial charge in [-0.25, -0.2) is 0 Å². The first-order valence-electron chi connectivity index (χ1n) is 8.35. The largest absolute Gasteiger partial charge is 0.496 e. The van der Waals surface area contributed by atoms with E-state index in [1.807, 2.05) is 49.4 Å². The molecular formula is C20H25NO4. The Bertz CT molecular complexity index is 658. The van der Waals surface area contributed by atoms with Gasteiger partial charge >= 0.3 is 0 Å². The minimum Gasteiger partial charge on any atom is -0.496 e. The fraction of sp³-hybridized carbons (Fsp3) is 0.350. The highest BCUT2D eigenvalue weighted by Crippen LogP contribution is 2.19. The number of benzene rings is 2. The Labute approximate surface area is 148 Å². The molecule has 0 aliphatic carbocycles. The van der Waals surface area contributed by atoms with Crippen molar-refractivity contribution in [3.63, 3.8) is 0 Å². The van der Waals surface area contributed by atoms with E-state index in [-0.39, 0.29) is 12.5 Å². The summed E-state index contributed by atoms with van der Waals surface area (Å²) >= 11 is 0. The molecule has 0 aromatic heterocycles. The normalized spacial score (nSPS) is 10.3. The van der Waals surface area contributed by atoms with Gasteiger partial charge in [-0.1, -0.05) is 35.9 Å². The molecule has 0 spiro atoms. The Morgan fingerprint density at radius 3 is 2.64 bits per heavy atom. The average molecular weight is 343 g/mol. The van der Waals surface area contributed by atoms with Gasteiger partial charge < -0.3 is 19.5 Å². The molecule has 5 nitrogen and oxygen atoms in total. The number of ether oxygens (including phenoxy) is 3. The molecule has 0 bridgehead atoms. The van der Waals surface area contributed by atoms with Crippen molar-refractivity contribution in [3.8, 4) is 11.5 Å². The van der Waals surface area contributed by atoms with Crippen LogP contribution in [-0.2, 0) is 16.0 Å². The zero-order valence-electron chi connectivity index (χ0n) is 14.8. The first kappa shape index (κ1) is 18.8. The van der Waals surface area contributed by atoms with E-state index in [2.05, 4.69) is 11.4 Å². The summed E-state index contributed by atoms with van der Waals surface area (Å²) in [5.74, 6) is 1.50. The molecule has 0 fully saturated rings.